The number of nitrogens with zero attached hydrogens (tertiary/aromatic N) is 2. The van der Waals surface area contributed by atoms with Crippen LogP contribution in [0.4, 0.5) is 5.13 Å². The highest BCUT2D eigenvalue weighted by atomic mass is 32.2. The second-order valence-electron chi connectivity index (χ2n) is 5.80. The Morgan fingerprint density at radius 2 is 1.64 bits per heavy atom. The van der Waals surface area contributed by atoms with Gasteiger partial charge >= 0.3 is 0 Å². The number of aryl methyl sites for hydroxylation is 2. The Labute approximate surface area is 157 Å². The molecule has 2 heterocycles. The smallest absolute Gasteiger partial charge is 0.257 e. The molecular formula is C18H15N3OS3. The van der Waals surface area contributed by atoms with Gasteiger partial charge < -0.3 is 0 Å². The van der Waals surface area contributed by atoms with Gasteiger partial charge in [-0.1, -0.05) is 40.3 Å². The zero-order valence-electron chi connectivity index (χ0n) is 13.9. The second kappa shape index (κ2) is 6.40. The molecule has 4 aromatic rings. The molecule has 25 heavy (non-hydrogen) atoms. The first-order valence-corrected chi connectivity index (χ1v) is 10.5. The zero-order chi connectivity index (χ0) is 17.6. The summed E-state index contributed by atoms with van der Waals surface area (Å²) in [5.41, 5.74) is 4.68. The summed E-state index contributed by atoms with van der Waals surface area (Å²) in [7, 11) is 0. The van der Waals surface area contributed by atoms with Crippen LogP contribution in [-0.4, -0.2) is 22.1 Å². The summed E-state index contributed by atoms with van der Waals surface area (Å²) in [5, 5.41) is 3.55. The molecule has 2 aromatic carbocycles. The van der Waals surface area contributed by atoms with E-state index in [1.807, 2.05) is 44.4 Å². The highest BCUT2D eigenvalue weighted by molar-refractivity contribution is 8.00. The molecule has 0 unspecified atom stereocenters. The highest BCUT2D eigenvalue weighted by Gasteiger charge is 2.14. The number of anilines is 1. The Bertz CT molecular complexity index is 1090. The van der Waals surface area contributed by atoms with Gasteiger partial charge in [-0.3, -0.25) is 10.1 Å². The number of hydrogen-bond donors (Lipinski definition) is 1. The first kappa shape index (κ1) is 16.5. The normalized spacial score (nSPS) is 11.3. The van der Waals surface area contributed by atoms with E-state index >= 15 is 0 Å². The van der Waals surface area contributed by atoms with E-state index < -0.39 is 0 Å². The lowest BCUT2D eigenvalue weighted by Crippen LogP contribution is -2.12. The maximum Gasteiger partial charge on any atom is 0.257 e. The summed E-state index contributed by atoms with van der Waals surface area (Å²) in [6, 6.07) is 9.79. The number of benzene rings is 2. The number of aromatic nitrogens is 2. The summed E-state index contributed by atoms with van der Waals surface area (Å²) in [6.45, 7) is 3.98. The topological polar surface area (TPSA) is 54.9 Å². The van der Waals surface area contributed by atoms with E-state index in [4.69, 9.17) is 0 Å². The summed E-state index contributed by atoms with van der Waals surface area (Å²) in [4.78, 5) is 21.7. The standard InChI is InChI=1S/C18H15N3OS3/c1-9-6-10(2)8-11(7-9)16(22)21-17-19-12-4-5-13-15(14(12)24-17)25-18(20-13)23-3/h4-8H,1-3H3,(H,19,21,22). The lowest BCUT2D eigenvalue weighted by Gasteiger charge is -2.04. The van der Waals surface area contributed by atoms with Crippen LogP contribution in [-0.2, 0) is 0 Å². The minimum Gasteiger partial charge on any atom is -0.298 e. The fourth-order valence-electron chi connectivity index (χ4n) is 2.77. The summed E-state index contributed by atoms with van der Waals surface area (Å²) in [6.07, 6.45) is 2.02. The lowest BCUT2D eigenvalue weighted by molar-refractivity contribution is 0.102. The Kier molecular flexibility index (Phi) is 4.23. The van der Waals surface area contributed by atoms with Crippen molar-refractivity contribution in [2.75, 3.05) is 11.6 Å². The van der Waals surface area contributed by atoms with Crippen molar-refractivity contribution in [1.82, 2.24) is 9.97 Å². The van der Waals surface area contributed by atoms with E-state index in [9.17, 15) is 4.79 Å². The van der Waals surface area contributed by atoms with Crippen LogP contribution in [0.5, 0.6) is 0 Å². The Balaban J connectivity index is 1.70. The molecule has 0 bridgehead atoms. The Morgan fingerprint density at radius 1 is 1.00 bits per heavy atom. The molecule has 0 aliphatic rings. The minimum atomic E-state index is -0.129. The highest BCUT2D eigenvalue weighted by Crippen LogP contribution is 2.38. The third kappa shape index (κ3) is 3.15. The molecule has 1 N–H and O–H groups in total. The van der Waals surface area contributed by atoms with Crippen LogP contribution in [0, 0.1) is 13.8 Å². The average molecular weight is 386 g/mol. The monoisotopic (exact) mass is 385 g/mol. The largest absolute Gasteiger partial charge is 0.298 e. The first-order chi connectivity index (χ1) is 12.0. The van der Waals surface area contributed by atoms with E-state index in [1.165, 1.54) is 11.3 Å². The van der Waals surface area contributed by atoms with Crippen LogP contribution in [0.2, 0.25) is 0 Å². The van der Waals surface area contributed by atoms with Crippen molar-refractivity contribution < 1.29 is 4.79 Å². The predicted octanol–water partition coefficient (Wildman–Crippen LogP) is 5.50. The quantitative estimate of drug-likeness (QED) is 0.473. The first-order valence-electron chi connectivity index (χ1n) is 7.67. The van der Waals surface area contributed by atoms with Crippen molar-refractivity contribution in [3.63, 3.8) is 0 Å². The van der Waals surface area contributed by atoms with Crippen molar-refractivity contribution in [3.8, 4) is 0 Å². The molecule has 2 aromatic heterocycles. The van der Waals surface area contributed by atoms with Gasteiger partial charge in [-0.25, -0.2) is 9.97 Å². The summed E-state index contributed by atoms with van der Waals surface area (Å²) < 4.78 is 3.24. The van der Waals surface area contributed by atoms with Crippen LogP contribution in [0.3, 0.4) is 0 Å². The van der Waals surface area contributed by atoms with Crippen LogP contribution in [0.25, 0.3) is 20.4 Å². The number of nitrogens with one attached hydrogen (secondary N) is 1. The van der Waals surface area contributed by atoms with Crippen molar-refractivity contribution in [1.29, 1.82) is 0 Å². The van der Waals surface area contributed by atoms with E-state index in [0.717, 1.165) is 35.9 Å². The van der Waals surface area contributed by atoms with Gasteiger partial charge in [-0.2, -0.15) is 0 Å². The Hall–Kier alpha value is -1.96. The SMILES string of the molecule is CSc1nc2ccc3nc(NC(=O)c4cc(C)cc(C)c4)sc3c2s1. The molecule has 4 rings (SSSR count). The van der Waals surface area contributed by atoms with Gasteiger partial charge in [0.15, 0.2) is 9.47 Å². The van der Waals surface area contributed by atoms with Gasteiger partial charge in [0.2, 0.25) is 0 Å². The van der Waals surface area contributed by atoms with E-state index in [2.05, 4.69) is 21.4 Å². The summed E-state index contributed by atoms with van der Waals surface area (Å²) in [5.74, 6) is -0.129. The zero-order valence-corrected chi connectivity index (χ0v) is 16.4. The van der Waals surface area contributed by atoms with Gasteiger partial charge in [-0.05, 0) is 44.4 Å². The molecule has 1 amide bonds. The van der Waals surface area contributed by atoms with Crippen molar-refractivity contribution >= 4 is 65.9 Å². The van der Waals surface area contributed by atoms with Crippen molar-refractivity contribution in [2.45, 2.75) is 18.2 Å². The van der Waals surface area contributed by atoms with E-state index in [-0.39, 0.29) is 5.91 Å². The number of thiazole rings is 2. The lowest BCUT2D eigenvalue weighted by atomic mass is 10.1. The van der Waals surface area contributed by atoms with Crippen LogP contribution < -0.4 is 5.32 Å². The van der Waals surface area contributed by atoms with Crippen LogP contribution in [0.1, 0.15) is 21.5 Å². The molecule has 0 fully saturated rings. The molecule has 7 heteroatoms. The van der Waals surface area contributed by atoms with Gasteiger partial charge in [0.25, 0.3) is 5.91 Å². The van der Waals surface area contributed by atoms with Gasteiger partial charge in [-0.15, -0.1) is 11.3 Å². The van der Waals surface area contributed by atoms with Crippen LogP contribution in [0.15, 0.2) is 34.7 Å². The van der Waals surface area contributed by atoms with Gasteiger partial charge in [0, 0.05) is 5.56 Å². The molecule has 0 aliphatic carbocycles. The minimum absolute atomic E-state index is 0.129. The number of hydrogen-bond acceptors (Lipinski definition) is 6. The number of carbonyl (C=O) groups excluding carboxylic acids is 1. The van der Waals surface area contributed by atoms with Crippen LogP contribution >= 0.6 is 34.4 Å². The molecule has 0 aliphatic heterocycles. The van der Waals surface area contributed by atoms with E-state index in [1.54, 1.807) is 23.1 Å². The van der Waals surface area contributed by atoms with E-state index in [0.29, 0.717) is 10.7 Å². The number of thioether (sulfide) groups is 1. The number of rotatable bonds is 3. The molecular weight excluding hydrogens is 370 g/mol. The number of fused-ring (bicyclic) bond motifs is 3. The van der Waals surface area contributed by atoms with Crippen molar-refractivity contribution in [2.24, 2.45) is 0 Å². The number of carbonyl (C=O) groups is 1. The second-order valence-corrected chi connectivity index (χ2v) is 8.85. The number of amides is 1. The Morgan fingerprint density at radius 3 is 2.32 bits per heavy atom. The van der Waals surface area contributed by atoms with Crippen molar-refractivity contribution in [3.05, 3.63) is 47.0 Å². The molecule has 0 saturated carbocycles. The molecule has 0 saturated heterocycles. The van der Waals surface area contributed by atoms with Gasteiger partial charge in [0.1, 0.15) is 0 Å². The third-order valence-electron chi connectivity index (χ3n) is 3.77. The molecule has 4 nitrogen and oxygen atoms in total. The van der Waals surface area contributed by atoms with Gasteiger partial charge in [0.05, 0.1) is 20.4 Å². The fraction of sp³-hybridized carbons (Fsp3) is 0.167. The fourth-order valence-corrected chi connectivity index (χ4v) is 5.42. The molecule has 0 spiro atoms. The predicted molar refractivity (Wildman–Crippen MR) is 108 cm³/mol. The maximum atomic E-state index is 12.6. The molecule has 0 atom stereocenters. The summed E-state index contributed by atoms with van der Waals surface area (Å²) >= 11 is 4.81. The molecule has 126 valence electrons. The maximum absolute atomic E-state index is 12.6. The third-order valence-corrected chi connectivity index (χ3v) is 6.98. The molecule has 0 radical (unpaired) electrons. The average Bonchev–Trinajstić information content (AvgIpc) is 3.16.